The number of nitrogens with zero attached hydrogens (tertiary/aromatic N) is 1. The second-order valence-electron chi connectivity index (χ2n) is 4.38. The van der Waals surface area contributed by atoms with Crippen LogP contribution in [0, 0.1) is 13.8 Å². The number of methoxy groups -OCH3 is 1. The van der Waals surface area contributed by atoms with Gasteiger partial charge in [0.1, 0.15) is 17.1 Å². The maximum atomic E-state index is 11.5. The third kappa shape index (κ3) is 3.11. The van der Waals surface area contributed by atoms with Crippen molar-refractivity contribution in [3.63, 3.8) is 0 Å². The fraction of sp³-hybridized carbons (Fsp3) is 0.286. The molecule has 0 amide bonds. The van der Waals surface area contributed by atoms with Crippen molar-refractivity contribution in [1.29, 1.82) is 0 Å². The van der Waals surface area contributed by atoms with E-state index in [0.29, 0.717) is 28.8 Å². The third-order valence-electron chi connectivity index (χ3n) is 2.80. The Balaban J connectivity index is 2.11. The van der Waals surface area contributed by atoms with Crippen molar-refractivity contribution in [2.24, 2.45) is 0 Å². The van der Waals surface area contributed by atoms with E-state index in [1.165, 1.54) is 7.11 Å². The topological polar surface area (TPSA) is 64.4 Å². The number of rotatable bonds is 4. The first kappa shape index (κ1) is 14.4. The first-order chi connectivity index (χ1) is 9.51. The van der Waals surface area contributed by atoms with Crippen LogP contribution in [0.4, 0.5) is 5.69 Å². The minimum atomic E-state index is -0.409. The smallest absolute Gasteiger partial charge is 0.341 e. The summed E-state index contributed by atoms with van der Waals surface area (Å²) in [6, 6.07) is 3.55. The molecular weight excluding hydrogens is 280 g/mol. The van der Waals surface area contributed by atoms with Crippen molar-refractivity contribution in [3.05, 3.63) is 46.1 Å². The van der Waals surface area contributed by atoms with Gasteiger partial charge < -0.3 is 14.5 Å². The normalized spacial score (nSPS) is 10.4. The molecule has 106 valence electrons. The molecule has 1 N–H and O–H groups in total. The summed E-state index contributed by atoms with van der Waals surface area (Å²) >= 11 is 5.99. The van der Waals surface area contributed by atoms with Gasteiger partial charge in [-0.2, -0.15) is 0 Å². The van der Waals surface area contributed by atoms with Gasteiger partial charge in [-0.1, -0.05) is 11.6 Å². The van der Waals surface area contributed by atoms with E-state index in [-0.39, 0.29) is 0 Å². The largest absolute Gasteiger partial charge is 0.465 e. The van der Waals surface area contributed by atoms with Crippen LogP contribution in [0.2, 0.25) is 5.15 Å². The van der Waals surface area contributed by atoms with Crippen molar-refractivity contribution in [2.75, 3.05) is 12.4 Å². The summed E-state index contributed by atoms with van der Waals surface area (Å²) in [6.45, 7) is 4.06. The fourth-order valence-corrected chi connectivity index (χ4v) is 1.97. The standard InChI is InChI=1S/C14H15ClN2O3/c1-8-4-12(13(15)17-6-8)16-7-10-5-11(9(2)20-10)14(18)19-3/h4-6,16H,7H2,1-3H3. The molecule has 0 aliphatic heterocycles. The zero-order chi connectivity index (χ0) is 14.7. The Morgan fingerprint density at radius 2 is 2.20 bits per heavy atom. The molecule has 0 bridgehead atoms. The molecule has 20 heavy (non-hydrogen) atoms. The number of hydrogen-bond acceptors (Lipinski definition) is 5. The molecule has 0 spiro atoms. The number of pyridine rings is 1. The van der Waals surface area contributed by atoms with Gasteiger partial charge in [0.25, 0.3) is 0 Å². The average Bonchev–Trinajstić information content (AvgIpc) is 2.80. The number of carbonyl (C=O) groups is 1. The summed E-state index contributed by atoms with van der Waals surface area (Å²) in [4.78, 5) is 15.5. The van der Waals surface area contributed by atoms with E-state index in [9.17, 15) is 4.79 Å². The van der Waals surface area contributed by atoms with Gasteiger partial charge in [0, 0.05) is 6.20 Å². The minimum Gasteiger partial charge on any atom is -0.465 e. The first-order valence-corrected chi connectivity index (χ1v) is 6.42. The van der Waals surface area contributed by atoms with Gasteiger partial charge in [0.05, 0.1) is 19.3 Å². The van der Waals surface area contributed by atoms with Crippen molar-refractivity contribution >= 4 is 23.3 Å². The summed E-state index contributed by atoms with van der Waals surface area (Å²) in [6.07, 6.45) is 1.69. The van der Waals surface area contributed by atoms with Gasteiger partial charge in [-0.25, -0.2) is 9.78 Å². The molecule has 6 heteroatoms. The molecule has 0 saturated heterocycles. The maximum Gasteiger partial charge on any atom is 0.341 e. The Hall–Kier alpha value is -2.01. The van der Waals surface area contributed by atoms with Crippen LogP contribution in [0.3, 0.4) is 0 Å². The molecule has 0 fully saturated rings. The molecule has 2 rings (SSSR count). The number of hydrogen-bond donors (Lipinski definition) is 1. The first-order valence-electron chi connectivity index (χ1n) is 6.05. The number of carbonyl (C=O) groups excluding carboxylic acids is 1. The molecule has 2 aromatic rings. The molecule has 2 heterocycles. The lowest BCUT2D eigenvalue weighted by Gasteiger charge is -2.06. The molecule has 0 aliphatic rings. The Morgan fingerprint density at radius 3 is 2.90 bits per heavy atom. The molecule has 0 atom stereocenters. The van der Waals surface area contributed by atoms with E-state index in [4.69, 9.17) is 16.0 Å². The number of aromatic nitrogens is 1. The number of ether oxygens (including phenoxy) is 1. The van der Waals surface area contributed by atoms with Crippen LogP contribution in [-0.2, 0) is 11.3 Å². The van der Waals surface area contributed by atoms with Gasteiger partial charge in [0.2, 0.25) is 0 Å². The van der Waals surface area contributed by atoms with Crippen LogP contribution < -0.4 is 5.32 Å². The number of furan rings is 1. The zero-order valence-electron chi connectivity index (χ0n) is 11.5. The highest BCUT2D eigenvalue weighted by Crippen LogP contribution is 2.22. The zero-order valence-corrected chi connectivity index (χ0v) is 12.2. The lowest BCUT2D eigenvalue weighted by Crippen LogP contribution is -2.01. The molecule has 0 aromatic carbocycles. The van der Waals surface area contributed by atoms with Gasteiger partial charge in [0.15, 0.2) is 5.15 Å². The SMILES string of the molecule is COC(=O)c1cc(CNc2cc(C)cnc2Cl)oc1C. The van der Waals surface area contributed by atoms with Crippen LogP contribution in [0.1, 0.15) is 27.4 Å². The molecular formula is C14H15ClN2O3. The predicted molar refractivity (Wildman–Crippen MR) is 76.1 cm³/mol. The van der Waals surface area contributed by atoms with Gasteiger partial charge >= 0.3 is 5.97 Å². The summed E-state index contributed by atoms with van der Waals surface area (Å²) in [7, 11) is 1.34. The Labute approximate surface area is 121 Å². The molecule has 0 radical (unpaired) electrons. The molecule has 2 aromatic heterocycles. The summed E-state index contributed by atoms with van der Waals surface area (Å²) in [5.41, 5.74) is 2.15. The minimum absolute atomic E-state index is 0.395. The van der Waals surface area contributed by atoms with E-state index in [0.717, 1.165) is 11.3 Å². The highest BCUT2D eigenvalue weighted by Gasteiger charge is 2.15. The van der Waals surface area contributed by atoms with Gasteiger partial charge in [-0.05, 0) is 31.5 Å². The maximum absolute atomic E-state index is 11.5. The number of halogens is 1. The van der Waals surface area contributed by atoms with Crippen LogP contribution in [0.5, 0.6) is 0 Å². The lowest BCUT2D eigenvalue weighted by molar-refractivity contribution is 0.0599. The highest BCUT2D eigenvalue weighted by atomic mass is 35.5. The Morgan fingerprint density at radius 1 is 1.45 bits per heavy atom. The number of anilines is 1. The predicted octanol–water partition coefficient (Wildman–Crippen LogP) is 3.34. The van der Waals surface area contributed by atoms with Gasteiger partial charge in [-0.15, -0.1) is 0 Å². The fourth-order valence-electron chi connectivity index (χ4n) is 1.80. The van der Waals surface area contributed by atoms with E-state index >= 15 is 0 Å². The van der Waals surface area contributed by atoms with Gasteiger partial charge in [-0.3, -0.25) is 0 Å². The second kappa shape index (κ2) is 5.96. The molecule has 0 unspecified atom stereocenters. The Kier molecular flexibility index (Phi) is 4.29. The summed E-state index contributed by atoms with van der Waals surface area (Å²) in [5, 5.41) is 3.52. The summed E-state index contributed by atoms with van der Waals surface area (Å²) in [5.74, 6) is 0.746. The van der Waals surface area contributed by atoms with Crippen LogP contribution in [0.25, 0.3) is 0 Å². The van der Waals surface area contributed by atoms with Crippen molar-refractivity contribution in [2.45, 2.75) is 20.4 Å². The third-order valence-corrected chi connectivity index (χ3v) is 3.10. The van der Waals surface area contributed by atoms with E-state index in [2.05, 4.69) is 15.0 Å². The quantitative estimate of drug-likeness (QED) is 0.692. The second-order valence-corrected chi connectivity index (χ2v) is 4.74. The Bertz CT molecular complexity index is 637. The van der Waals surface area contributed by atoms with Crippen LogP contribution in [0.15, 0.2) is 22.7 Å². The molecule has 0 aliphatic carbocycles. The van der Waals surface area contributed by atoms with Crippen molar-refractivity contribution in [1.82, 2.24) is 4.98 Å². The average molecular weight is 295 g/mol. The number of aryl methyl sites for hydroxylation is 2. The van der Waals surface area contributed by atoms with Crippen molar-refractivity contribution in [3.8, 4) is 0 Å². The highest BCUT2D eigenvalue weighted by molar-refractivity contribution is 6.31. The number of esters is 1. The molecule has 5 nitrogen and oxygen atoms in total. The van der Waals surface area contributed by atoms with E-state index in [1.807, 2.05) is 13.0 Å². The van der Waals surface area contributed by atoms with Crippen molar-refractivity contribution < 1.29 is 13.9 Å². The van der Waals surface area contributed by atoms with E-state index < -0.39 is 5.97 Å². The number of nitrogens with one attached hydrogen (secondary N) is 1. The monoisotopic (exact) mass is 294 g/mol. The lowest BCUT2D eigenvalue weighted by atomic mass is 10.2. The molecule has 0 saturated carbocycles. The summed E-state index contributed by atoms with van der Waals surface area (Å²) < 4.78 is 10.2. The van der Waals surface area contributed by atoms with Crippen LogP contribution >= 0.6 is 11.6 Å². The van der Waals surface area contributed by atoms with Crippen LogP contribution in [-0.4, -0.2) is 18.1 Å². The van der Waals surface area contributed by atoms with E-state index in [1.54, 1.807) is 19.2 Å².